The second-order valence-corrected chi connectivity index (χ2v) is 5.57. The van der Waals surface area contributed by atoms with E-state index in [1.165, 1.54) is 18.2 Å². The van der Waals surface area contributed by atoms with Crippen LogP contribution in [0.5, 0.6) is 11.8 Å². The molecule has 1 aromatic heterocycles. The molecule has 0 bridgehead atoms. The standard InChI is InChI=1S/C17H25N3O6/c1-2-13(21)18-11-5-3-4-7-14(22)19-12-6-8-17(25)26-20-15(23)9-10-16(20)24/h2,9-10,23-24H,1,3-8,11-12H2,(H,18,21)(H,19,22). The molecule has 2 amide bonds. The highest BCUT2D eigenvalue weighted by molar-refractivity contribution is 5.86. The molecule has 0 radical (unpaired) electrons. The largest absolute Gasteiger partial charge is 0.492 e. The van der Waals surface area contributed by atoms with Crippen LogP contribution in [0.3, 0.4) is 0 Å². The molecule has 0 saturated heterocycles. The van der Waals surface area contributed by atoms with E-state index in [1.807, 2.05) is 0 Å². The summed E-state index contributed by atoms with van der Waals surface area (Å²) in [6.07, 6.45) is 4.32. The van der Waals surface area contributed by atoms with Gasteiger partial charge in [0.1, 0.15) is 0 Å². The Bertz CT molecular complexity index is 607. The Morgan fingerprint density at radius 2 is 1.65 bits per heavy atom. The summed E-state index contributed by atoms with van der Waals surface area (Å²) in [4.78, 5) is 38.9. The normalized spacial score (nSPS) is 10.2. The maximum Gasteiger partial charge on any atom is 0.333 e. The predicted molar refractivity (Wildman–Crippen MR) is 93.3 cm³/mol. The van der Waals surface area contributed by atoms with Crippen LogP contribution in [0.4, 0.5) is 0 Å². The molecule has 0 unspecified atom stereocenters. The van der Waals surface area contributed by atoms with Crippen molar-refractivity contribution in [3.63, 3.8) is 0 Å². The lowest BCUT2D eigenvalue weighted by atomic mass is 10.2. The highest BCUT2D eigenvalue weighted by Crippen LogP contribution is 2.18. The van der Waals surface area contributed by atoms with Crippen LogP contribution in [0.1, 0.15) is 38.5 Å². The molecule has 1 rings (SSSR count). The predicted octanol–water partition coefficient (Wildman–Crippen LogP) is 0.613. The van der Waals surface area contributed by atoms with Gasteiger partial charge in [-0.25, -0.2) is 4.79 Å². The van der Waals surface area contributed by atoms with E-state index in [0.717, 1.165) is 12.8 Å². The maximum atomic E-state index is 11.6. The van der Waals surface area contributed by atoms with Crippen molar-refractivity contribution in [3.8, 4) is 11.8 Å². The number of rotatable bonds is 12. The minimum atomic E-state index is -0.636. The first-order chi connectivity index (χ1) is 12.4. The molecule has 0 aliphatic heterocycles. The van der Waals surface area contributed by atoms with E-state index in [4.69, 9.17) is 4.84 Å². The molecule has 4 N–H and O–H groups in total. The molecule has 0 spiro atoms. The Hall–Kier alpha value is -2.97. The molecule has 9 heteroatoms. The van der Waals surface area contributed by atoms with Gasteiger partial charge >= 0.3 is 5.97 Å². The van der Waals surface area contributed by atoms with Crippen molar-refractivity contribution in [3.05, 3.63) is 24.8 Å². The summed E-state index contributed by atoms with van der Waals surface area (Å²) in [5, 5.41) is 24.1. The average molecular weight is 367 g/mol. The number of aromatic nitrogens is 1. The summed E-state index contributed by atoms with van der Waals surface area (Å²) >= 11 is 0. The summed E-state index contributed by atoms with van der Waals surface area (Å²) in [7, 11) is 0. The average Bonchev–Trinajstić information content (AvgIpc) is 2.93. The Morgan fingerprint density at radius 3 is 2.31 bits per heavy atom. The van der Waals surface area contributed by atoms with Crippen molar-refractivity contribution < 1.29 is 29.4 Å². The summed E-state index contributed by atoms with van der Waals surface area (Å²) in [6, 6.07) is 2.38. The van der Waals surface area contributed by atoms with Crippen LogP contribution in [-0.2, 0) is 14.4 Å². The van der Waals surface area contributed by atoms with Gasteiger partial charge in [0.25, 0.3) is 0 Å². The van der Waals surface area contributed by atoms with Crippen molar-refractivity contribution >= 4 is 17.8 Å². The third-order valence-corrected chi connectivity index (χ3v) is 3.44. The van der Waals surface area contributed by atoms with Crippen LogP contribution >= 0.6 is 0 Å². The summed E-state index contributed by atoms with van der Waals surface area (Å²) < 4.78 is 0.623. The fourth-order valence-electron chi connectivity index (χ4n) is 2.06. The number of hydrogen-bond donors (Lipinski definition) is 4. The SMILES string of the molecule is C=CC(=O)NCCCCCC(=O)NCCCC(=O)On1c(O)ccc1O. The first-order valence-corrected chi connectivity index (χ1v) is 8.42. The Balaban J connectivity index is 2.03. The van der Waals surface area contributed by atoms with Crippen molar-refractivity contribution in [2.45, 2.75) is 38.5 Å². The second-order valence-electron chi connectivity index (χ2n) is 5.57. The van der Waals surface area contributed by atoms with Gasteiger partial charge in [-0.05, 0) is 25.3 Å². The van der Waals surface area contributed by atoms with Gasteiger partial charge in [-0.15, -0.1) is 4.73 Å². The lowest BCUT2D eigenvalue weighted by Crippen LogP contribution is -2.26. The third-order valence-electron chi connectivity index (χ3n) is 3.44. The molecule has 9 nitrogen and oxygen atoms in total. The Labute approximate surface area is 151 Å². The molecule has 144 valence electrons. The first kappa shape index (κ1) is 21.1. The zero-order valence-electron chi connectivity index (χ0n) is 14.6. The summed E-state index contributed by atoms with van der Waals surface area (Å²) in [5.74, 6) is -1.71. The number of nitrogens with one attached hydrogen (secondary N) is 2. The molecule has 0 saturated carbocycles. The number of unbranched alkanes of at least 4 members (excludes halogenated alkanes) is 2. The van der Waals surface area contributed by atoms with Crippen molar-refractivity contribution in [1.29, 1.82) is 0 Å². The maximum absolute atomic E-state index is 11.6. The molecule has 0 aliphatic carbocycles. The minimum Gasteiger partial charge on any atom is -0.492 e. The highest BCUT2D eigenvalue weighted by Gasteiger charge is 2.12. The summed E-state index contributed by atoms with van der Waals surface area (Å²) in [5.41, 5.74) is 0. The molecule has 0 aliphatic rings. The Morgan fingerprint density at radius 1 is 1.00 bits per heavy atom. The smallest absolute Gasteiger partial charge is 0.333 e. The van der Waals surface area contributed by atoms with E-state index in [1.54, 1.807) is 0 Å². The van der Waals surface area contributed by atoms with E-state index >= 15 is 0 Å². The van der Waals surface area contributed by atoms with Crippen LogP contribution in [-0.4, -0.2) is 45.8 Å². The molecule has 1 aromatic rings. The Kier molecular flexibility index (Phi) is 9.37. The molecule has 26 heavy (non-hydrogen) atoms. The number of carbonyl (C=O) groups is 3. The van der Waals surface area contributed by atoms with E-state index in [-0.39, 0.29) is 30.0 Å². The van der Waals surface area contributed by atoms with Crippen LogP contribution in [0.25, 0.3) is 0 Å². The van der Waals surface area contributed by atoms with Gasteiger partial charge in [-0.2, -0.15) is 0 Å². The van der Waals surface area contributed by atoms with E-state index in [2.05, 4.69) is 17.2 Å². The molecule has 0 atom stereocenters. The number of aromatic hydroxyl groups is 2. The number of nitrogens with zero attached hydrogens (tertiary/aromatic N) is 1. The fraction of sp³-hybridized carbons (Fsp3) is 0.471. The monoisotopic (exact) mass is 367 g/mol. The molecule has 1 heterocycles. The van der Waals surface area contributed by atoms with Gasteiger partial charge in [0.2, 0.25) is 23.6 Å². The number of hydrogen-bond acceptors (Lipinski definition) is 6. The number of carbonyl (C=O) groups excluding carboxylic acids is 3. The molecule has 0 fully saturated rings. The van der Waals surface area contributed by atoms with E-state index < -0.39 is 5.97 Å². The zero-order valence-corrected chi connectivity index (χ0v) is 14.6. The van der Waals surface area contributed by atoms with Gasteiger partial charge < -0.3 is 25.7 Å². The minimum absolute atomic E-state index is 0.0281. The lowest BCUT2D eigenvalue weighted by molar-refractivity contribution is -0.145. The topological polar surface area (TPSA) is 130 Å². The van der Waals surface area contributed by atoms with Crippen molar-refractivity contribution in [2.24, 2.45) is 0 Å². The van der Waals surface area contributed by atoms with Gasteiger partial charge in [0.05, 0.1) is 0 Å². The molecule has 0 aromatic carbocycles. The van der Waals surface area contributed by atoms with Gasteiger partial charge in [0.15, 0.2) is 0 Å². The summed E-state index contributed by atoms with van der Waals surface area (Å²) in [6.45, 7) is 4.24. The fourth-order valence-corrected chi connectivity index (χ4v) is 2.06. The van der Waals surface area contributed by atoms with Gasteiger partial charge in [-0.3, -0.25) is 9.59 Å². The van der Waals surface area contributed by atoms with Gasteiger partial charge in [0, 0.05) is 38.1 Å². The van der Waals surface area contributed by atoms with Crippen LogP contribution < -0.4 is 15.5 Å². The zero-order chi connectivity index (χ0) is 19.4. The molecular formula is C17H25N3O6. The first-order valence-electron chi connectivity index (χ1n) is 8.42. The number of amides is 2. The second kappa shape index (κ2) is 11.6. The molecular weight excluding hydrogens is 342 g/mol. The van der Waals surface area contributed by atoms with Crippen LogP contribution in [0.2, 0.25) is 0 Å². The van der Waals surface area contributed by atoms with Gasteiger partial charge in [-0.1, -0.05) is 13.0 Å². The van der Waals surface area contributed by atoms with Crippen molar-refractivity contribution in [2.75, 3.05) is 13.1 Å². The van der Waals surface area contributed by atoms with Crippen LogP contribution in [0, 0.1) is 0 Å². The van der Waals surface area contributed by atoms with E-state index in [9.17, 15) is 24.6 Å². The van der Waals surface area contributed by atoms with Crippen molar-refractivity contribution in [1.82, 2.24) is 15.4 Å². The lowest BCUT2D eigenvalue weighted by Gasteiger charge is -2.07. The quantitative estimate of drug-likeness (QED) is 0.316. The third kappa shape index (κ3) is 8.22. The van der Waals surface area contributed by atoms with E-state index in [0.29, 0.717) is 37.1 Å². The van der Waals surface area contributed by atoms with Crippen LogP contribution in [0.15, 0.2) is 24.8 Å². The highest BCUT2D eigenvalue weighted by atomic mass is 16.7.